The molecule has 0 spiro atoms. The molecule has 12 heavy (non-hydrogen) atoms. The van der Waals surface area contributed by atoms with Crippen molar-refractivity contribution in [2.45, 2.75) is 39.8 Å². The first-order valence-electron chi connectivity index (χ1n) is 4.11. The van der Waals surface area contributed by atoms with E-state index in [1.165, 1.54) is 0 Å². The fourth-order valence-electron chi connectivity index (χ4n) is 1.12. The number of rotatable bonds is 2. The third kappa shape index (κ3) is 2.08. The van der Waals surface area contributed by atoms with Gasteiger partial charge in [0.2, 0.25) is 0 Å². The number of hydrogen-bond acceptors (Lipinski definition) is 2. The zero-order chi connectivity index (χ0) is 9.35. The van der Waals surface area contributed by atoms with Gasteiger partial charge >= 0.3 is 0 Å². The van der Waals surface area contributed by atoms with E-state index in [2.05, 4.69) is 4.98 Å². The summed E-state index contributed by atoms with van der Waals surface area (Å²) < 4.78 is 1.97. The maximum Gasteiger partial charge on any atom is 0.0952 e. The molecule has 0 radical (unpaired) electrons. The fourth-order valence-corrected chi connectivity index (χ4v) is 1.12. The molecule has 0 saturated carbocycles. The molecule has 1 rings (SSSR count). The van der Waals surface area contributed by atoms with Gasteiger partial charge in [0.1, 0.15) is 0 Å². The SMILES string of the molecule is Cc1ncn(CC(C)(C)O)c1C. The van der Waals surface area contributed by atoms with E-state index < -0.39 is 5.60 Å². The molecule has 68 valence electrons. The van der Waals surface area contributed by atoms with E-state index in [0.29, 0.717) is 6.54 Å². The summed E-state index contributed by atoms with van der Waals surface area (Å²) >= 11 is 0. The van der Waals surface area contributed by atoms with Crippen LogP contribution in [0.2, 0.25) is 0 Å². The quantitative estimate of drug-likeness (QED) is 0.722. The van der Waals surface area contributed by atoms with Crippen LogP contribution in [0.5, 0.6) is 0 Å². The van der Waals surface area contributed by atoms with Crippen LogP contribution in [-0.4, -0.2) is 20.3 Å². The number of imidazole rings is 1. The molecule has 3 nitrogen and oxygen atoms in total. The summed E-state index contributed by atoms with van der Waals surface area (Å²) in [5, 5.41) is 9.56. The third-order valence-corrected chi connectivity index (χ3v) is 1.90. The first kappa shape index (κ1) is 9.26. The van der Waals surface area contributed by atoms with Crippen LogP contribution in [-0.2, 0) is 6.54 Å². The summed E-state index contributed by atoms with van der Waals surface area (Å²) in [7, 11) is 0. The second kappa shape index (κ2) is 2.90. The smallest absolute Gasteiger partial charge is 0.0952 e. The van der Waals surface area contributed by atoms with E-state index in [1.807, 2.05) is 18.4 Å². The van der Waals surface area contributed by atoms with Crippen LogP contribution in [0.15, 0.2) is 6.33 Å². The van der Waals surface area contributed by atoms with E-state index in [9.17, 15) is 5.11 Å². The molecule has 0 aliphatic heterocycles. The molecule has 0 unspecified atom stereocenters. The minimum absolute atomic E-state index is 0.597. The average molecular weight is 168 g/mol. The zero-order valence-electron chi connectivity index (χ0n) is 8.13. The predicted octanol–water partition coefficient (Wildman–Crippen LogP) is 1.27. The lowest BCUT2D eigenvalue weighted by molar-refractivity contribution is 0.0609. The van der Waals surface area contributed by atoms with Crippen molar-refractivity contribution in [3.63, 3.8) is 0 Å². The summed E-state index contributed by atoms with van der Waals surface area (Å²) in [6.45, 7) is 8.16. The van der Waals surface area contributed by atoms with Gasteiger partial charge < -0.3 is 9.67 Å². The second-order valence-corrected chi connectivity index (χ2v) is 3.86. The lowest BCUT2D eigenvalue weighted by atomic mass is 10.1. The molecular weight excluding hydrogens is 152 g/mol. The van der Waals surface area contributed by atoms with E-state index >= 15 is 0 Å². The van der Waals surface area contributed by atoms with Crippen molar-refractivity contribution < 1.29 is 5.11 Å². The van der Waals surface area contributed by atoms with Gasteiger partial charge in [-0.2, -0.15) is 0 Å². The molecule has 0 aliphatic carbocycles. The summed E-state index contributed by atoms with van der Waals surface area (Å²) in [5.41, 5.74) is 1.48. The Hall–Kier alpha value is -0.830. The van der Waals surface area contributed by atoms with Crippen LogP contribution >= 0.6 is 0 Å². The minimum Gasteiger partial charge on any atom is -0.389 e. The van der Waals surface area contributed by atoms with Crippen LogP contribution < -0.4 is 0 Å². The molecule has 0 saturated heterocycles. The van der Waals surface area contributed by atoms with Crippen molar-refractivity contribution in [2.24, 2.45) is 0 Å². The van der Waals surface area contributed by atoms with E-state index in [1.54, 1.807) is 20.2 Å². The van der Waals surface area contributed by atoms with Crippen LogP contribution in [0.1, 0.15) is 25.2 Å². The lowest BCUT2D eigenvalue weighted by Gasteiger charge is -2.18. The molecular formula is C9H16N2O. The molecule has 0 amide bonds. The van der Waals surface area contributed by atoms with Gasteiger partial charge in [-0.1, -0.05) is 0 Å². The maximum atomic E-state index is 9.56. The van der Waals surface area contributed by atoms with Crippen molar-refractivity contribution in [1.82, 2.24) is 9.55 Å². The van der Waals surface area contributed by atoms with Gasteiger partial charge in [-0.25, -0.2) is 4.98 Å². The number of nitrogens with zero attached hydrogens (tertiary/aromatic N) is 2. The van der Waals surface area contributed by atoms with Crippen molar-refractivity contribution in [2.75, 3.05) is 0 Å². The Morgan fingerprint density at radius 1 is 1.50 bits per heavy atom. The fraction of sp³-hybridized carbons (Fsp3) is 0.667. The van der Waals surface area contributed by atoms with Crippen LogP contribution in [0, 0.1) is 13.8 Å². The molecule has 0 atom stereocenters. The number of aromatic nitrogens is 2. The van der Waals surface area contributed by atoms with E-state index in [0.717, 1.165) is 11.4 Å². The summed E-state index contributed by atoms with van der Waals surface area (Å²) in [6.07, 6.45) is 1.77. The molecule has 1 N–H and O–H groups in total. The Labute approximate surface area is 73.1 Å². The second-order valence-electron chi connectivity index (χ2n) is 3.86. The van der Waals surface area contributed by atoms with Crippen molar-refractivity contribution >= 4 is 0 Å². The summed E-state index contributed by atoms with van der Waals surface area (Å²) in [4.78, 5) is 4.15. The topological polar surface area (TPSA) is 38.0 Å². The number of aryl methyl sites for hydroxylation is 1. The molecule has 0 aromatic carbocycles. The predicted molar refractivity (Wildman–Crippen MR) is 48.0 cm³/mol. The molecule has 1 heterocycles. The van der Waals surface area contributed by atoms with E-state index in [4.69, 9.17) is 0 Å². The Kier molecular flexibility index (Phi) is 2.24. The monoisotopic (exact) mass is 168 g/mol. The highest BCUT2D eigenvalue weighted by Gasteiger charge is 2.14. The summed E-state index contributed by atoms with van der Waals surface area (Å²) in [6, 6.07) is 0. The van der Waals surface area contributed by atoms with Gasteiger partial charge in [-0.3, -0.25) is 0 Å². The number of aliphatic hydroxyl groups is 1. The zero-order valence-corrected chi connectivity index (χ0v) is 8.13. The standard InChI is InChI=1S/C9H16N2O/c1-7-8(2)11(6-10-7)5-9(3,4)12/h6,12H,5H2,1-4H3. The summed E-state index contributed by atoms with van der Waals surface area (Å²) in [5.74, 6) is 0. The maximum absolute atomic E-state index is 9.56. The third-order valence-electron chi connectivity index (χ3n) is 1.90. The molecule has 3 heteroatoms. The van der Waals surface area contributed by atoms with Gasteiger partial charge in [0.15, 0.2) is 0 Å². The first-order valence-corrected chi connectivity index (χ1v) is 4.11. The van der Waals surface area contributed by atoms with Gasteiger partial charge in [-0.05, 0) is 27.7 Å². The van der Waals surface area contributed by atoms with Crippen molar-refractivity contribution in [3.8, 4) is 0 Å². The van der Waals surface area contributed by atoms with Gasteiger partial charge in [-0.15, -0.1) is 0 Å². The molecule has 0 aliphatic rings. The van der Waals surface area contributed by atoms with Crippen LogP contribution in [0.25, 0.3) is 0 Å². The van der Waals surface area contributed by atoms with Crippen LogP contribution in [0.3, 0.4) is 0 Å². The first-order chi connectivity index (χ1) is 5.40. The molecule has 1 aromatic heterocycles. The highest BCUT2D eigenvalue weighted by atomic mass is 16.3. The number of hydrogen-bond donors (Lipinski definition) is 1. The van der Waals surface area contributed by atoms with E-state index in [-0.39, 0.29) is 0 Å². The Morgan fingerprint density at radius 3 is 2.42 bits per heavy atom. The van der Waals surface area contributed by atoms with Crippen molar-refractivity contribution in [1.29, 1.82) is 0 Å². The van der Waals surface area contributed by atoms with Gasteiger partial charge in [0, 0.05) is 5.69 Å². The highest BCUT2D eigenvalue weighted by Crippen LogP contribution is 2.10. The van der Waals surface area contributed by atoms with Gasteiger partial charge in [0.25, 0.3) is 0 Å². The normalized spacial score (nSPS) is 12.1. The molecule has 0 fully saturated rings. The van der Waals surface area contributed by atoms with Gasteiger partial charge in [0.05, 0.1) is 24.2 Å². The lowest BCUT2D eigenvalue weighted by Crippen LogP contribution is -2.26. The Bertz CT molecular complexity index is 271. The van der Waals surface area contributed by atoms with Crippen molar-refractivity contribution in [3.05, 3.63) is 17.7 Å². The largest absolute Gasteiger partial charge is 0.389 e. The Balaban J connectivity index is 2.83. The van der Waals surface area contributed by atoms with Crippen LogP contribution in [0.4, 0.5) is 0 Å². The Morgan fingerprint density at radius 2 is 2.08 bits per heavy atom. The molecule has 0 bridgehead atoms. The minimum atomic E-state index is -0.669. The molecule has 1 aromatic rings. The average Bonchev–Trinajstić information content (AvgIpc) is 2.16. The highest BCUT2D eigenvalue weighted by molar-refractivity contribution is 5.08.